The molecule has 1 aliphatic heterocycles. The number of aromatic nitrogens is 2. The van der Waals surface area contributed by atoms with Gasteiger partial charge in [0, 0.05) is 24.2 Å². The fourth-order valence-corrected chi connectivity index (χ4v) is 2.58. The molecule has 1 saturated heterocycles. The summed E-state index contributed by atoms with van der Waals surface area (Å²) in [6.45, 7) is 1.02. The van der Waals surface area contributed by atoms with E-state index < -0.39 is 0 Å². The van der Waals surface area contributed by atoms with Crippen LogP contribution in [0.1, 0.15) is 11.9 Å². The first-order valence-electron chi connectivity index (χ1n) is 4.96. The molecule has 0 bridgehead atoms. The van der Waals surface area contributed by atoms with E-state index in [2.05, 4.69) is 15.3 Å². The number of rotatable bonds is 1. The van der Waals surface area contributed by atoms with E-state index in [-0.39, 0.29) is 6.04 Å². The number of nitrogens with one attached hydrogen (secondary N) is 1. The van der Waals surface area contributed by atoms with Gasteiger partial charge in [-0.15, -0.1) is 0 Å². The minimum Gasteiger partial charge on any atom is -0.421 e. The summed E-state index contributed by atoms with van der Waals surface area (Å²) in [5.41, 5.74) is 1.47. The van der Waals surface area contributed by atoms with Crippen LogP contribution in [0.15, 0.2) is 22.7 Å². The van der Waals surface area contributed by atoms with E-state index in [1.807, 2.05) is 23.9 Å². The molecular weight excluding hydrogens is 210 g/mol. The van der Waals surface area contributed by atoms with E-state index >= 15 is 0 Å². The normalized spacial score (nSPS) is 22.0. The second-order valence-corrected chi connectivity index (χ2v) is 4.61. The van der Waals surface area contributed by atoms with Crippen LogP contribution in [0.5, 0.6) is 0 Å². The predicted molar refractivity (Wildman–Crippen MR) is 59.9 cm³/mol. The van der Waals surface area contributed by atoms with Gasteiger partial charge in [-0.1, -0.05) is 0 Å². The van der Waals surface area contributed by atoms with Crippen LogP contribution in [0.25, 0.3) is 11.2 Å². The highest BCUT2D eigenvalue weighted by Gasteiger charge is 2.20. The zero-order chi connectivity index (χ0) is 10.1. The quantitative estimate of drug-likeness (QED) is 0.792. The third kappa shape index (κ3) is 1.72. The number of hydrogen-bond acceptors (Lipinski definition) is 5. The average molecular weight is 221 g/mol. The van der Waals surface area contributed by atoms with Crippen molar-refractivity contribution in [1.29, 1.82) is 0 Å². The number of hydrogen-bond donors (Lipinski definition) is 1. The highest BCUT2D eigenvalue weighted by atomic mass is 32.2. The summed E-state index contributed by atoms with van der Waals surface area (Å²) in [7, 11) is 0. The van der Waals surface area contributed by atoms with Crippen LogP contribution in [0.4, 0.5) is 0 Å². The molecule has 1 unspecified atom stereocenters. The van der Waals surface area contributed by atoms with Crippen molar-refractivity contribution in [2.24, 2.45) is 0 Å². The summed E-state index contributed by atoms with van der Waals surface area (Å²) >= 11 is 1.92. The lowest BCUT2D eigenvalue weighted by Crippen LogP contribution is -2.30. The molecule has 78 valence electrons. The van der Waals surface area contributed by atoms with Crippen molar-refractivity contribution in [1.82, 2.24) is 15.3 Å². The van der Waals surface area contributed by atoms with Gasteiger partial charge in [0.1, 0.15) is 5.52 Å². The van der Waals surface area contributed by atoms with Gasteiger partial charge in [-0.25, -0.2) is 9.97 Å². The molecule has 1 aliphatic rings. The maximum atomic E-state index is 5.61. The molecule has 4 nitrogen and oxygen atoms in total. The Labute approximate surface area is 91.5 Å². The van der Waals surface area contributed by atoms with Crippen LogP contribution in [0.2, 0.25) is 0 Å². The Hall–Kier alpha value is -1.07. The van der Waals surface area contributed by atoms with Gasteiger partial charge in [0.25, 0.3) is 0 Å². The van der Waals surface area contributed by atoms with E-state index in [0.717, 1.165) is 29.5 Å². The molecule has 3 heterocycles. The Bertz CT molecular complexity index is 431. The molecule has 1 fully saturated rings. The van der Waals surface area contributed by atoms with Gasteiger partial charge in [0.2, 0.25) is 11.6 Å². The third-order valence-corrected chi connectivity index (χ3v) is 3.46. The van der Waals surface area contributed by atoms with Crippen molar-refractivity contribution in [2.75, 3.05) is 18.1 Å². The first-order chi connectivity index (χ1) is 7.43. The molecule has 0 aliphatic carbocycles. The monoisotopic (exact) mass is 221 g/mol. The summed E-state index contributed by atoms with van der Waals surface area (Å²) in [6.07, 6.45) is 1.72. The van der Waals surface area contributed by atoms with Gasteiger partial charge in [0.15, 0.2) is 0 Å². The van der Waals surface area contributed by atoms with E-state index in [1.54, 1.807) is 6.20 Å². The Morgan fingerprint density at radius 1 is 1.53 bits per heavy atom. The molecule has 0 saturated carbocycles. The van der Waals surface area contributed by atoms with Crippen LogP contribution >= 0.6 is 11.8 Å². The number of pyridine rings is 1. The largest absolute Gasteiger partial charge is 0.421 e. The maximum absolute atomic E-state index is 5.61. The smallest absolute Gasteiger partial charge is 0.247 e. The van der Waals surface area contributed by atoms with Crippen molar-refractivity contribution >= 4 is 23.0 Å². The summed E-state index contributed by atoms with van der Waals surface area (Å²) in [4.78, 5) is 8.56. The lowest BCUT2D eigenvalue weighted by Gasteiger charge is -2.19. The topological polar surface area (TPSA) is 51.0 Å². The van der Waals surface area contributed by atoms with Crippen molar-refractivity contribution < 1.29 is 4.42 Å². The summed E-state index contributed by atoms with van der Waals surface area (Å²) < 4.78 is 5.61. The molecular formula is C10H11N3OS. The first kappa shape index (κ1) is 9.18. The first-order valence-corrected chi connectivity index (χ1v) is 6.11. The zero-order valence-electron chi connectivity index (χ0n) is 8.14. The van der Waals surface area contributed by atoms with Gasteiger partial charge in [-0.05, 0) is 12.1 Å². The van der Waals surface area contributed by atoms with Crippen LogP contribution in [0, 0.1) is 0 Å². The molecule has 0 radical (unpaired) electrons. The van der Waals surface area contributed by atoms with Crippen molar-refractivity contribution in [3.05, 3.63) is 24.2 Å². The van der Waals surface area contributed by atoms with Crippen molar-refractivity contribution in [3.63, 3.8) is 0 Å². The van der Waals surface area contributed by atoms with Crippen molar-refractivity contribution in [3.8, 4) is 0 Å². The highest BCUT2D eigenvalue weighted by molar-refractivity contribution is 7.99. The van der Waals surface area contributed by atoms with E-state index in [9.17, 15) is 0 Å². The standard InChI is InChI=1S/C10H11N3OS/c1-2-7-9(12-3-1)14-10(13-7)8-6-15-5-4-11-8/h1-3,8,11H,4-6H2. The van der Waals surface area contributed by atoms with Gasteiger partial charge < -0.3 is 9.73 Å². The average Bonchev–Trinajstić information content (AvgIpc) is 2.74. The minimum absolute atomic E-state index is 0.234. The SMILES string of the molecule is c1cnc2oc(C3CSCCN3)nc2c1. The molecule has 0 aromatic carbocycles. The third-order valence-electron chi connectivity index (χ3n) is 2.40. The van der Waals surface area contributed by atoms with Crippen LogP contribution in [-0.4, -0.2) is 28.0 Å². The Morgan fingerprint density at radius 3 is 3.33 bits per heavy atom. The van der Waals surface area contributed by atoms with Crippen LogP contribution in [0.3, 0.4) is 0 Å². The van der Waals surface area contributed by atoms with E-state index in [4.69, 9.17) is 4.42 Å². The second-order valence-electron chi connectivity index (χ2n) is 3.46. The summed E-state index contributed by atoms with van der Waals surface area (Å²) in [5.74, 6) is 2.94. The Balaban J connectivity index is 1.96. The molecule has 5 heteroatoms. The molecule has 0 spiro atoms. The molecule has 1 atom stereocenters. The van der Waals surface area contributed by atoms with Gasteiger partial charge >= 0.3 is 0 Å². The molecule has 0 amide bonds. The van der Waals surface area contributed by atoms with E-state index in [0.29, 0.717) is 5.71 Å². The second kappa shape index (κ2) is 3.83. The lowest BCUT2D eigenvalue weighted by atomic mass is 10.3. The fourth-order valence-electron chi connectivity index (χ4n) is 1.66. The number of fused-ring (bicyclic) bond motifs is 1. The van der Waals surface area contributed by atoms with E-state index in [1.165, 1.54) is 0 Å². The summed E-state index contributed by atoms with van der Waals surface area (Å²) in [5, 5.41) is 3.39. The minimum atomic E-state index is 0.234. The number of thioether (sulfide) groups is 1. The van der Waals surface area contributed by atoms with Crippen LogP contribution < -0.4 is 5.32 Å². The maximum Gasteiger partial charge on any atom is 0.247 e. The lowest BCUT2D eigenvalue weighted by molar-refractivity contribution is 0.438. The molecule has 2 aromatic rings. The molecule has 15 heavy (non-hydrogen) atoms. The predicted octanol–water partition coefficient (Wildman–Crippen LogP) is 1.60. The molecule has 3 rings (SSSR count). The van der Waals surface area contributed by atoms with Gasteiger partial charge in [-0.2, -0.15) is 11.8 Å². The number of nitrogens with zero attached hydrogens (tertiary/aromatic N) is 2. The number of oxazole rings is 1. The zero-order valence-corrected chi connectivity index (χ0v) is 8.96. The fraction of sp³-hybridized carbons (Fsp3) is 0.400. The highest BCUT2D eigenvalue weighted by Crippen LogP contribution is 2.23. The summed E-state index contributed by atoms with van der Waals surface area (Å²) in [6, 6.07) is 4.03. The molecule has 2 aromatic heterocycles. The van der Waals surface area contributed by atoms with Gasteiger partial charge in [0.05, 0.1) is 6.04 Å². The van der Waals surface area contributed by atoms with Crippen molar-refractivity contribution in [2.45, 2.75) is 6.04 Å². The Morgan fingerprint density at radius 2 is 2.53 bits per heavy atom. The Kier molecular flexibility index (Phi) is 2.34. The molecule has 1 N–H and O–H groups in total. The van der Waals surface area contributed by atoms with Gasteiger partial charge in [-0.3, -0.25) is 0 Å². The van der Waals surface area contributed by atoms with Crippen LogP contribution in [-0.2, 0) is 0 Å².